The number of nitrogens with one attached hydrogen (secondary N) is 1. The number of methoxy groups -OCH3 is 1. The number of benzene rings is 1. The number of anilines is 1. The largest absolute Gasteiger partial charge is 0.495 e. The second-order valence-corrected chi connectivity index (χ2v) is 6.33. The fourth-order valence-electron chi connectivity index (χ4n) is 3.65. The molecule has 0 saturated heterocycles. The number of hydrogen-bond donors (Lipinski definition) is 1. The number of carbonyl (C=O) groups excluding carboxylic acids is 1. The topological polar surface area (TPSA) is 69.0 Å². The Labute approximate surface area is 145 Å². The van der Waals surface area contributed by atoms with Crippen molar-refractivity contribution in [3.05, 3.63) is 46.8 Å². The highest BCUT2D eigenvalue weighted by molar-refractivity contribution is 6.14. The summed E-state index contributed by atoms with van der Waals surface area (Å²) in [5.74, 6) is 0.506. The fourth-order valence-corrected chi connectivity index (χ4v) is 3.65. The van der Waals surface area contributed by atoms with Crippen LogP contribution >= 0.6 is 0 Å². The molecular weight excluding hydrogens is 316 g/mol. The molecule has 1 aromatic carbocycles. The monoisotopic (exact) mass is 336 g/mol. The Hall–Kier alpha value is -2.89. The Kier molecular flexibility index (Phi) is 3.67. The minimum atomic E-state index is -0.133. The third-order valence-corrected chi connectivity index (χ3v) is 4.76. The van der Waals surface area contributed by atoms with E-state index in [4.69, 9.17) is 9.72 Å². The van der Waals surface area contributed by atoms with E-state index in [1.165, 1.54) is 0 Å². The van der Waals surface area contributed by atoms with Crippen molar-refractivity contribution in [3.63, 3.8) is 0 Å². The second-order valence-electron chi connectivity index (χ2n) is 6.33. The third kappa shape index (κ3) is 2.45. The molecule has 2 aromatic heterocycles. The van der Waals surface area contributed by atoms with Crippen LogP contribution in [0.1, 0.15) is 33.7 Å². The van der Waals surface area contributed by atoms with Crippen molar-refractivity contribution < 1.29 is 9.53 Å². The van der Waals surface area contributed by atoms with Gasteiger partial charge in [0.25, 0.3) is 5.91 Å². The first-order chi connectivity index (χ1) is 12.1. The molecule has 0 fully saturated rings. The molecule has 0 unspecified atom stereocenters. The van der Waals surface area contributed by atoms with E-state index < -0.39 is 0 Å². The SMILES string of the molecule is COc1ccccc1NC(=O)c1c2c(nc3c1c(C)nn3C)CCC2. The highest BCUT2D eigenvalue weighted by Gasteiger charge is 2.27. The van der Waals surface area contributed by atoms with Gasteiger partial charge in [-0.3, -0.25) is 9.48 Å². The number of aromatic nitrogens is 3. The zero-order chi connectivity index (χ0) is 17.6. The minimum Gasteiger partial charge on any atom is -0.495 e. The highest BCUT2D eigenvalue weighted by Crippen LogP contribution is 2.33. The van der Waals surface area contributed by atoms with E-state index in [2.05, 4.69) is 10.4 Å². The van der Waals surface area contributed by atoms with Gasteiger partial charge in [-0.15, -0.1) is 0 Å². The van der Waals surface area contributed by atoms with Crippen molar-refractivity contribution in [2.45, 2.75) is 26.2 Å². The maximum Gasteiger partial charge on any atom is 0.256 e. The number of nitrogens with zero attached hydrogens (tertiary/aromatic N) is 3. The zero-order valence-corrected chi connectivity index (χ0v) is 14.6. The summed E-state index contributed by atoms with van der Waals surface area (Å²) in [7, 11) is 3.46. The molecule has 6 nitrogen and oxygen atoms in total. The summed E-state index contributed by atoms with van der Waals surface area (Å²) in [6, 6.07) is 7.42. The van der Waals surface area contributed by atoms with Gasteiger partial charge in [-0.2, -0.15) is 5.10 Å². The van der Waals surface area contributed by atoms with Gasteiger partial charge in [-0.1, -0.05) is 12.1 Å². The van der Waals surface area contributed by atoms with Gasteiger partial charge >= 0.3 is 0 Å². The lowest BCUT2D eigenvalue weighted by molar-refractivity contribution is 0.102. The molecule has 1 amide bonds. The Balaban J connectivity index is 1.87. The Morgan fingerprint density at radius 3 is 2.88 bits per heavy atom. The molecule has 6 heteroatoms. The molecule has 2 heterocycles. The molecule has 0 atom stereocenters. The molecule has 0 bridgehead atoms. The van der Waals surface area contributed by atoms with E-state index >= 15 is 0 Å². The fraction of sp³-hybridized carbons (Fsp3) is 0.316. The first-order valence-electron chi connectivity index (χ1n) is 8.39. The van der Waals surface area contributed by atoms with Crippen LogP contribution in [-0.4, -0.2) is 27.8 Å². The van der Waals surface area contributed by atoms with Crippen LogP contribution in [-0.2, 0) is 19.9 Å². The van der Waals surface area contributed by atoms with Crippen LogP contribution in [0.5, 0.6) is 5.75 Å². The van der Waals surface area contributed by atoms with Gasteiger partial charge < -0.3 is 10.1 Å². The molecule has 128 valence electrons. The van der Waals surface area contributed by atoms with Crippen LogP contribution in [0.2, 0.25) is 0 Å². The summed E-state index contributed by atoms with van der Waals surface area (Å²) >= 11 is 0. The van der Waals surface area contributed by atoms with Crippen molar-refractivity contribution in [1.29, 1.82) is 0 Å². The Morgan fingerprint density at radius 2 is 2.08 bits per heavy atom. The van der Waals surface area contributed by atoms with Crippen LogP contribution in [0.25, 0.3) is 11.0 Å². The van der Waals surface area contributed by atoms with E-state index in [0.29, 0.717) is 17.0 Å². The lowest BCUT2D eigenvalue weighted by Crippen LogP contribution is -2.16. The zero-order valence-electron chi connectivity index (χ0n) is 14.6. The van der Waals surface area contributed by atoms with E-state index in [1.807, 2.05) is 38.2 Å². The van der Waals surface area contributed by atoms with Gasteiger partial charge in [-0.25, -0.2) is 4.98 Å². The standard InChI is InChI=1S/C19H20N4O2/c1-11-16-17(19(24)21-14-8-4-5-10-15(14)25-3)12-7-6-9-13(12)20-18(16)23(2)22-11/h4-5,8,10H,6-7,9H2,1-3H3,(H,21,24). The number of para-hydroxylation sites is 2. The summed E-state index contributed by atoms with van der Waals surface area (Å²) < 4.78 is 7.10. The van der Waals surface area contributed by atoms with E-state index in [1.54, 1.807) is 11.8 Å². The van der Waals surface area contributed by atoms with Crippen molar-refractivity contribution in [3.8, 4) is 5.75 Å². The lowest BCUT2D eigenvalue weighted by Gasteiger charge is -2.13. The van der Waals surface area contributed by atoms with Crippen LogP contribution in [0.15, 0.2) is 24.3 Å². The molecule has 25 heavy (non-hydrogen) atoms. The molecule has 1 N–H and O–H groups in total. The summed E-state index contributed by atoms with van der Waals surface area (Å²) in [4.78, 5) is 17.9. The average Bonchev–Trinajstić information content (AvgIpc) is 3.18. The molecule has 3 aromatic rings. The molecule has 0 spiro atoms. The maximum atomic E-state index is 13.2. The number of aryl methyl sites for hydroxylation is 3. The summed E-state index contributed by atoms with van der Waals surface area (Å²) in [5, 5.41) is 8.31. The van der Waals surface area contributed by atoms with Crippen molar-refractivity contribution in [1.82, 2.24) is 14.8 Å². The summed E-state index contributed by atoms with van der Waals surface area (Å²) in [6.45, 7) is 1.92. The van der Waals surface area contributed by atoms with Crippen molar-refractivity contribution >= 4 is 22.6 Å². The number of fused-ring (bicyclic) bond motifs is 2. The van der Waals surface area contributed by atoms with Gasteiger partial charge in [0.15, 0.2) is 5.65 Å². The predicted octanol–water partition coefficient (Wildman–Crippen LogP) is 3.03. The third-order valence-electron chi connectivity index (χ3n) is 4.76. The van der Waals surface area contributed by atoms with E-state index in [9.17, 15) is 4.79 Å². The van der Waals surface area contributed by atoms with Crippen LogP contribution < -0.4 is 10.1 Å². The molecule has 1 aliphatic rings. The van der Waals surface area contributed by atoms with Gasteiger partial charge in [0.05, 0.1) is 29.4 Å². The number of ether oxygens (including phenoxy) is 1. The van der Waals surface area contributed by atoms with Crippen molar-refractivity contribution in [2.24, 2.45) is 7.05 Å². The van der Waals surface area contributed by atoms with Crippen LogP contribution in [0.4, 0.5) is 5.69 Å². The van der Waals surface area contributed by atoms with Crippen LogP contribution in [0.3, 0.4) is 0 Å². The smallest absolute Gasteiger partial charge is 0.256 e. The highest BCUT2D eigenvalue weighted by atomic mass is 16.5. The second kappa shape index (κ2) is 5.88. The first kappa shape index (κ1) is 15.6. The quantitative estimate of drug-likeness (QED) is 0.798. The number of hydrogen-bond acceptors (Lipinski definition) is 4. The average molecular weight is 336 g/mol. The normalized spacial score (nSPS) is 13.1. The van der Waals surface area contributed by atoms with Gasteiger partial charge in [0.2, 0.25) is 0 Å². The van der Waals surface area contributed by atoms with E-state index in [0.717, 1.165) is 47.2 Å². The number of amides is 1. The number of pyridine rings is 1. The Morgan fingerprint density at radius 1 is 1.28 bits per heavy atom. The Bertz CT molecular complexity index is 991. The van der Waals surface area contributed by atoms with Crippen molar-refractivity contribution in [2.75, 3.05) is 12.4 Å². The maximum absolute atomic E-state index is 13.2. The van der Waals surface area contributed by atoms with Gasteiger partial charge in [-0.05, 0) is 43.9 Å². The number of carbonyl (C=O) groups is 1. The molecular formula is C19H20N4O2. The molecule has 1 aliphatic carbocycles. The lowest BCUT2D eigenvalue weighted by atomic mass is 10.0. The van der Waals surface area contributed by atoms with E-state index in [-0.39, 0.29) is 5.91 Å². The summed E-state index contributed by atoms with van der Waals surface area (Å²) in [5.41, 5.74) is 5.02. The van der Waals surface area contributed by atoms with Gasteiger partial charge in [0.1, 0.15) is 5.75 Å². The predicted molar refractivity (Wildman–Crippen MR) is 96.2 cm³/mol. The molecule has 0 radical (unpaired) electrons. The molecule has 0 aliphatic heterocycles. The summed E-state index contributed by atoms with van der Waals surface area (Å²) in [6.07, 6.45) is 2.81. The van der Waals surface area contributed by atoms with Gasteiger partial charge in [0, 0.05) is 12.7 Å². The van der Waals surface area contributed by atoms with Crippen LogP contribution in [0, 0.1) is 6.92 Å². The number of rotatable bonds is 3. The molecule has 0 saturated carbocycles. The molecule has 4 rings (SSSR count). The first-order valence-corrected chi connectivity index (χ1v) is 8.39. The minimum absolute atomic E-state index is 0.133.